The van der Waals surface area contributed by atoms with E-state index in [1.54, 1.807) is 53.4 Å². The second-order valence-electron chi connectivity index (χ2n) is 6.39. The Morgan fingerprint density at radius 1 is 1.07 bits per heavy atom. The Balaban J connectivity index is 1.88. The van der Waals surface area contributed by atoms with Crippen LogP contribution in [0.2, 0.25) is 5.02 Å². The van der Waals surface area contributed by atoms with E-state index in [-0.39, 0.29) is 21.8 Å². The third-order valence-corrected chi connectivity index (χ3v) is 6.29. The molecule has 1 aromatic carbocycles. The molecule has 0 radical (unpaired) electrons. The summed E-state index contributed by atoms with van der Waals surface area (Å²) in [5.41, 5.74) is 0.0362. The number of aromatic amines is 2. The first-order valence-electron chi connectivity index (χ1n) is 8.60. The molecular weight excluding hydrogens is 414 g/mol. The van der Waals surface area contributed by atoms with Gasteiger partial charge in [0.1, 0.15) is 10.7 Å². The zero-order valence-electron chi connectivity index (χ0n) is 15.5. The SMILES string of the molecule is CN(C)CCSc1ccc(C=c2[nH]c(=O)c(=Cc3cccc(Cl)c3)[nH]c2=O)s1. The lowest BCUT2D eigenvalue weighted by molar-refractivity contribution is 0.437. The van der Waals surface area contributed by atoms with Gasteiger partial charge in [-0.3, -0.25) is 9.59 Å². The van der Waals surface area contributed by atoms with Crippen molar-refractivity contribution in [3.05, 3.63) is 83.3 Å². The van der Waals surface area contributed by atoms with Gasteiger partial charge in [0, 0.05) is 22.2 Å². The summed E-state index contributed by atoms with van der Waals surface area (Å²) < 4.78 is 1.18. The van der Waals surface area contributed by atoms with Crippen LogP contribution in [0.4, 0.5) is 0 Å². The highest BCUT2D eigenvalue weighted by Crippen LogP contribution is 2.27. The van der Waals surface area contributed by atoms with Crippen LogP contribution in [0.25, 0.3) is 12.2 Å². The van der Waals surface area contributed by atoms with Gasteiger partial charge in [0.2, 0.25) is 0 Å². The van der Waals surface area contributed by atoms with Crippen LogP contribution in [0, 0.1) is 0 Å². The highest BCUT2D eigenvalue weighted by Gasteiger charge is 2.02. The Bertz CT molecular complexity index is 1190. The maximum Gasteiger partial charge on any atom is 0.272 e. The Morgan fingerprint density at radius 2 is 1.79 bits per heavy atom. The lowest BCUT2D eigenvalue weighted by Crippen LogP contribution is -2.46. The summed E-state index contributed by atoms with van der Waals surface area (Å²) in [6.07, 6.45) is 3.30. The number of thiophene rings is 1. The molecule has 146 valence electrons. The fourth-order valence-corrected chi connectivity index (χ4v) is 4.90. The Hall–Kier alpha value is -2.06. The summed E-state index contributed by atoms with van der Waals surface area (Å²) in [6, 6.07) is 11.0. The van der Waals surface area contributed by atoms with E-state index in [0.29, 0.717) is 5.02 Å². The summed E-state index contributed by atoms with van der Waals surface area (Å²) in [6.45, 7) is 0.999. The first-order chi connectivity index (χ1) is 13.4. The summed E-state index contributed by atoms with van der Waals surface area (Å²) in [5.74, 6) is 0.998. The van der Waals surface area contributed by atoms with Gasteiger partial charge in [-0.15, -0.1) is 23.1 Å². The average molecular weight is 434 g/mol. The van der Waals surface area contributed by atoms with Crippen molar-refractivity contribution in [2.24, 2.45) is 0 Å². The molecule has 2 N–H and O–H groups in total. The second-order valence-corrected chi connectivity index (χ2v) is 9.33. The predicted octanol–water partition coefficient (Wildman–Crippen LogP) is 2.09. The van der Waals surface area contributed by atoms with E-state index >= 15 is 0 Å². The number of nitrogens with zero attached hydrogens (tertiary/aromatic N) is 1. The van der Waals surface area contributed by atoms with Crippen LogP contribution in [0.1, 0.15) is 10.4 Å². The Morgan fingerprint density at radius 3 is 2.46 bits per heavy atom. The summed E-state index contributed by atoms with van der Waals surface area (Å²) in [5, 5.41) is 0.991. The molecule has 0 unspecified atom stereocenters. The fourth-order valence-electron chi connectivity index (χ4n) is 2.42. The van der Waals surface area contributed by atoms with Crippen molar-refractivity contribution in [2.45, 2.75) is 4.21 Å². The zero-order chi connectivity index (χ0) is 20.1. The molecule has 8 heteroatoms. The minimum Gasteiger partial charge on any atom is -0.316 e. The van der Waals surface area contributed by atoms with Gasteiger partial charge in [0.25, 0.3) is 11.1 Å². The molecule has 28 heavy (non-hydrogen) atoms. The number of nitrogens with one attached hydrogen (secondary N) is 2. The van der Waals surface area contributed by atoms with Crippen molar-refractivity contribution < 1.29 is 0 Å². The third kappa shape index (κ3) is 5.72. The molecule has 2 aromatic heterocycles. The van der Waals surface area contributed by atoms with E-state index in [9.17, 15) is 9.59 Å². The summed E-state index contributed by atoms with van der Waals surface area (Å²) >= 11 is 9.33. The maximum absolute atomic E-state index is 12.4. The highest BCUT2D eigenvalue weighted by molar-refractivity contribution is 8.01. The highest BCUT2D eigenvalue weighted by atomic mass is 35.5. The minimum atomic E-state index is -0.358. The lowest BCUT2D eigenvalue weighted by atomic mass is 10.2. The van der Waals surface area contributed by atoms with Crippen molar-refractivity contribution in [1.82, 2.24) is 14.9 Å². The number of hydrogen-bond acceptors (Lipinski definition) is 5. The van der Waals surface area contributed by atoms with Gasteiger partial charge in [-0.1, -0.05) is 23.7 Å². The van der Waals surface area contributed by atoms with Crippen LogP contribution in [0.15, 0.2) is 50.2 Å². The van der Waals surface area contributed by atoms with Gasteiger partial charge in [0.05, 0.1) is 4.21 Å². The van der Waals surface area contributed by atoms with Crippen molar-refractivity contribution in [1.29, 1.82) is 0 Å². The first-order valence-corrected chi connectivity index (χ1v) is 10.8. The van der Waals surface area contributed by atoms with Gasteiger partial charge in [-0.25, -0.2) is 0 Å². The van der Waals surface area contributed by atoms with Crippen LogP contribution in [0.3, 0.4) is 0 Å². The summed E-state index contributed by atoms with van der Waals surface area (Å²) in [7, 11) is 4.09. The summed E-state index contributed by atoms with van der Waals surface area (Å²) in [4.78, 5) is 33.1. The largest absolute Gasteiger partial charge is 0.316 e. The number of benzene rings is 1. The number of rotatable bonds is 6. The van der Waals surface area contributed by atoms with Crippen LogP contribution in [0.5, 0.6) is 0 Å². The molecule has 0 amide bonds. The van der Waals surface area contributed by atoms with E-state index in [2.05, 4.69) is 14.9 Å². The third-order valence-electron chi connectivity index (χ3n) is 3.82. The molecule has 0 saturated heterocycles. The van der Waals surface area contributed by atoms with Gasteiger partial charge >= 0.3 is 0 Å². The zero-order valence-corrected chi connectivity index (χ0v) is 17.9. The number of halogens is 1. The smallest absolute Gasteiger partial charge is 0.272 e. The number of H-pyrrole nitrogens is 2. The molecule has 0 saturated carbocycles. The van der Waals surface area contributed by atoms with Crippen molar-refractivity contribution in [2.75, 3.05) is 26.4 Å². The van der Waals surface area contributed by atoms with Crippen molar-refractivity contribution in [3.8, 4) is 0 Å². The van der Waals surface area contributed by atoms with E-state index in [4.69, 9.17) is 11.6 Å². The van der Waals surface area contributed by atoms with Gasteiger partial charge in [-0.05, 0) is 56.1 Å². The molecule has 0 aliphatic heterocycles. The predicted molar refractivity (Wildman–Crippen MR) is 119 cm³/mol. The van der Waals surface area contributed by atoms with E-state index in [1.807, 2.05) is 32.3 Å². The normalized spacial score (nSPS) is 12.9. The van der Waals surface area contributed by atoms with Crippen LogP contribution < -0.4 is 21.8 Å². The molecule has 0 bridgehead atoms. The topological polar surface area (TPSA) is 69.0 Å². The fraction of sp³-hybridized carbons (Fsp3) is 0.200. The number of aromatic nitrogens is 2. The quantitative estimate of drug-likeness (QED) is 0.584. The number of thioether (sulfide) groups is 1. The minimum absolute atomic E-state index is 0.190. The molecule has 0 atom stereocenters. The van der Waals surface area contributed by atoms with Crippen LogP contribution in [-0.2, 0) is 0 Å². The van der Waals surface area contributed by atoms with Crippen molar-refractivity contribution in [3.63, 3.8) is 0 Å². The molecule has 2 heterocycles. The Kier molecular flexibility index (Phi) is 6.96. The Labute approximate surface area is 175 Å². The first kappa shape index (κ1) is 20.7. The molecular formula is C20H20ClN3O2S2. The van der Waals surface area contributed by atoms with E-state index in [1.165, 1.54) is 4.21 Å². The molecule has 3 aromatic rings. The second kappa shape index (κ2) is 9.43. The molecule has 0 aliphatic rings. The van der Waals surface area contributed by atoms with Crippen LogP contribution >= 0.6 is 34.7 Å². The molecule has 0 spiro atoms. The van der Waals surface area contributed by atoms with Crippen LogP contribution in [-0.4, -0.2) is 41.3 Å². The average Bonchev–Trinajstić information content (AvgIpc) is 3.06. The molecule has 5 nitrogen and oxygen atoms in total. The monoisotopic (exact) mass is 433 g/mol. The van der Waals surface area contributed by atoms with E-state index in [0.717, 1.165) is 22.7 Å². The standard InChI is InChI=1S/C20H20ClN3O2S2/c1-24(2)8-9-27-18-7-6-15(28-18)12-17-20(26)22-16(19(25)23-17)11-13-4-3-5-14(21)10-13/h3-7,10-12H,8-9H2,1-2H3,(H,22,26)(H,23,25). The van der Waals surface area contributed by atoms with Crippen molar-refractivity contribution >= 4 is 46.9 Å². The van der Waals surface area contributed by atoms with E-state index < -0.39 is 0 Å². The molecule has 0 aliphatic carbocycles. The molecule has 3 rings (SSSR count). The van der Waals surface area contributed by atoms with Gasteiger partial charge in [0.15, 0.2) is 0 Å². The van der Waals surface area contributed by atoms with Gasteiger partial charge < -0.3 is 14.9 Å². The van der Waals surface area contributed by atoms with Gasteiger partial charge in [-0.2, -0.15) is 0 Å². The maximum atomic E-state index is 12.4. The molecule has 0 fully saturated rings. The lowest BCUT2D eigenvalue weighted by Gasteiger charge is -2.07. The number of hydrogen-bond donors (Lipinski definition) is 2.